The third-order valence-electron chi connectivity index (χ3n) is 3.41. The minimum atomic E-state index is 0.121. The molecule has 18 heavy (non-hydrogen) atoms. The molecule has 0 spiro atoms. The third-order valence-corrected chi connectivity index (χ3v) is 3.41. The van der Waals surface area contributed by atoms with E-state index >= 15 is 0 Å². The van der Waals surface area contributed by atoms with Crippen LogP contribution in [0.25, 0.3) is 10.9 Å². The predicted octanol–water partition coefficient (Wildman–Crippen LogP) is 2.94. The average molecular weight is 244 g/mol. The molecule has 0 N–H and O–H groups in total. The van der Waals surface area contributed by atoms with E-state index in [-0.39, 0.29) is 11.9 Å². The zero-order chi connectivity index (χ0) is 13.3. The van der Waals surface area contributed by atoms with Gasteiger partial charge in [0.15, 0.2) is 0 Å². The van der Waals surface area contributed by atoms with Crippen LogP contribution in [0.3, 0.4) is 0 Å². The monoisotopic (exact) mass is 244 g/mol. The molecular weight excluding hydrogens is 224 g/mol. The number of carbonyl (C=O) groups excluding carboxylic acids is 1. The first-order chi connectivity index (χ1) is 8.50. The number of benzene rings is 1. The minimum Gasteiger partial charge on any atom is -0.346 e. The molecule has 0 bridgehead atoms. The number of carbonyl (C=O) groups is 1. The number of rotatable bonds is 3. The summed E-state index contributed by atoms with van der Waals surface area (Å²) in [4.78, 5) is 13.5. The second-order valence-electron chi connectivity index (χ2n) is 4.99. The molecule has 0 radical (unpaired) electrons. The Morgan fingerprint density at radius 3 is 2.56 bits per heavy atom. The molecule has 0 saturated heterocycles. The van der Waals surface area contributed by atoms with Crippen LogP contribution in [-0.4, -0.2) is 21.4 Å². The Hall–Kier alpha value is -1.77. The number of para-hydroxylation sites is 1. The van der Waals surface area contributed by atoms with Crippen LogP contribution in [0, 0.1) is 0 Å². The minimum absolute atomic E-state index is 0.121. The lowest BCUT2D eigenvalue weighted by atomic mass is 10.2. The first-order valence-electron chi connectivity index (χ1n) is 6.31. The van der Waals surface area contributed by atoms with E-state index in [1.807, 2.05) is 30.9 Å². The van der Waals surface area contributed by atoms with Crippen LogP contribution < -0.4 is 0 Å². The average Bonchev–Trinajstić information content (AvgIpc) is 2.63. The molecule has 0 unspecified atom stereocenters. The highest BCUT2D eigenvalue weighted by molar-refractivity contribution is 5.81. The Morgan fingerprint density at radius 1 is 1.33 bits per heavy atom. The van der Waals surface area contributed by atoms with Crippen LogP contribution in [0.5, 0.6) is 0 Å². The first kappa shape index (κ1) is 12.7. The van der Waals surface area contributed by atoms with Crippen molar-refractivity contribution in [3.63, 3.8) is 0 Å². The van der Waals surface area contributed by atoms with E-state index in [0.717, 1.165) is 0 Å². The number of hydrogen-bond donors (Lipinski definition) is 0. The summed E-state index contributed by atoms with van der Waals surface area (Å²) in [6.07, 6.45) is 0. The van der Waals surface area contributed by atoms with E-state index in [0.29, 0.717) is 6.54 Å². The lowest BCUT2D eigenvalue weighted by Crippen LogP contribution is -2.35. The number of aryl methyl sites for hydroxylation is 1. The summed E-state index contributed by atoms with van der Waals surface area (Å²) in [6.45, 7) is 6.38. The van der Waals surface area contributed by atoms with Crippen molar-refractivity contribution >= 4 is 16.8 Å². The molecule has 1 aromatic carbocycles. The number of fused-ring (bicyclic) bond motifs is 1. The Labute approximate surface area is 108 Å². The molecule has 1 amide bonds. The summed E-state index contributed by atoms with van der Waals surface area (Å²) in [5.41, 5.74) is 2.37. The highest BCUT2D eigenvalue weighted by Gasteiger charge is 2.15. The van der Waals surface area contributed by atoms with Gasteiger partial charge in [-0.1, -0.05) is 18.2 Å². The quantitative estimate of drug-likeness (QED) is 0.815. The topological polar surface area (TPSA) is 25.2 Å². The van der Waals surface area contributed by atoms with Gasteiger partial charge in [0.05, 0.1) is 6.54 Å². The van der Waals surface area contributed by atoms with Gasteiger partial charge in [0, 0.05) is 31.2 Å². The van der Waals surface area contributed by atoms with E-state index < -0.39 is 0 Å². The van der Waals surface area contributed by atoms with E-state index in [9.17, 15) is 4.79 Å². The molecule has 0 saturated carbocycles. The molecule has 0 aliphatic rings. The molecule has 1 aromatic heterocycles. The number of nitrogens with zero attached hydrogens (tertiary/aromatic N) is 2. The van der Waals surface area contributed by atoms with Gasteiger partial charge in [-0.2, -0.15) is 0 Å². The molecule has 0 aliphatic carbocycles. The van der Waals surface area contributed by atoms with E-state index in [2.05, 4.69) is 29.8 Å². The van der Waals surface area contributed by atoms with Crippen molar-refractivity contribution < 1.29 is 4.79 Å². The van der Waals surface area contributed by atoms with Gasteiger partial charge >= 0.3 is 0 Å². The van der Waals surface area contributed by atoms with Gasteiger partial charge in [-0.15, -0.1) is 0 Å². The van der Waals surface area contributed by atoms with Crippen LogP contribution in [0.1, 0.15) is 26.5 Å². The van der Waals surface area contributed by atoms with Gasteiger partial charge < -0.3 is 9.47 Å². The molecule has 2 aromatic rings. The highest BCUT2D eigenvalue weighted by Crippen LogP contribution is 2.20. The summed E-state index contributed by atoms with van der Waals surface area (Å²) in [6, 6.07) is 10.7. The maximum absolute atomic E-state index is 11.6. The van der Waals surface area contributed by atoms with Crippen molar-refractivity contribution in [2.24, 2.45) is 7.05 Å². The van der Waals surface area contributed by atoms with Gasteiger partial charge in [-0.25, -0.2) is 0 Å². The molecule has 0 aliphatic heterocycles. The van der Waals surface area contributed by atoms with Gasteiger partial charge in [0.1, 0.15) is 0 Å². The van der Waals surface area contributed by atoms with Crippen molar-refractivity contribution in [2.75, 3.05) is 0 Å². The molecule has 96 valence electrons. The van der Waals surface area contributed by atoms with E-state index in [1.165, 1.54) is 16.6 Å². The largest absolute Gasteiger partial charge is 0.346 e. The Morgan fingerprint density at radius 2 is 2.00 bits per heavy atom. The van der Waals surface area contributed by atoms with Crippen molar-refractivity contribution in [3.8, 4) is 0 Å². The maximum atomic E-state index is 11.6. The molecule has 0 fully saturated rings. The summed E-state index contributed by atoms with van der Waals surface area (Å²) in [5, 5.41) is 1.22. The molecular formula is C15H20N2O. The van der Waals surface area contributed by atoms with Crippen molar-refractivity contribution in [3.05, 3.63) is 36.0 Å². The van der Waals surface area contributed by atoms with Crippen molar-refractivity contribution in [2.45, 2.75) is 33.4 Å². The van der Waals surface area contributed by atoms with Gasteiger partial charge in [0.2, 0.25) is 5.91 Å². The summed E-state index contributed by atoms with van der Waals surface area (Å²) in [7, 11) is 2.05. The number of amides is 1. The molecule has 3 nitrogen and oxygen atoms in total. The summed E-state index contributed by atoms with van der Waals surface area (Å²) in [5.74, 6) is 0.121. The van der Waals surface area contributed by atoms with Crippen molar-refractivity contribution in [1.82, 2.24) is 9.47 Å². The van der Waals surface area contributed by atoms with Crippen LogP contribution in [0.15, 0.2) is 30.3 Å². The molecule has 1 heterocycles. The Balaban J connectivity index is 2.36. The van der Waals surface area contributed by atoms with E-state index in [4.69, 9.17) is 0 Å². The highest BCUT2D eigenvalue weighted by atomic mass is 16.2. The first-order valence-corrected chi connectivity index (χ1v) is 6.31. The van der Waals surface area contributed by atoms with E-state index in [1.54, 1.807) is 6.92 Å². The Bertz CT molecular complexity index is 569. The predicted molar refractivity (Wildman–Crippen MR) is 74.3 cm³/mol. The second kappa shape index (κ2) is 4.84. The number of aromatic nitrogens is 1. The fraction of sp³-hybridized carbons (Fsp3) is 0.400. The standard InChI is InChI=1S/C15H20N2O/c1-11(2)17(12(3)18)10-14-9-13-7-5-6-8-15(13)16(14)4/h5-9,11H,10H2,1-4H3. The van der Waals surface area contributed by atoms with Crippen LogP contribution in [-0.2, 0) is 18.4 Å². The van der Waals surface area contributed by atoms with Crippen LogP contribution in [0.2, 0.25) is 0 Å². The van der Waals surface area contributed by atoms with Crippen LogP contribution in [0.4, 0.5) is 0 Å². The second-order valence-corrected chi connectivity index (χ2v) is 4.99. The van der Waals surface area contributed by atoms with Crippen molar-refractivity contribution in [1.29, 1.82) is 0 Å². The summed E-state index contributed by atoms with van der Waals surface area (Å²) < 4.78 is 2.16. The lowest BCUT2D eigenvalue weighted by Gasteiger charge is -2.25. The fourth-order valence-corrected chi connectivity index (χ4v) is 2.33. The molecule has 2 rings (SSSR count). The molecule has 3 heteroatoms. The maximum Gasteiger partial charge on any atom is 0.220 e. The number of hydrogen-bond acceptors (Lipinski definition) is 1. The SMILES string of the molecule is CC(=O)N(Cc1cc2ccccc2n1C)C(C)C. The normalized spacial score (nSPS) is 11.2. The summed E-state index contributed by atoms with van der Waals surface area (Å²) >= 11 is 0. The van der Waals surface area contributed by atoms with Gasteiger partial charge in [0.25, 0.3) is 0 Å². The lowest BCUT2D eigenvalue weighted by molar-refractivity contribution is -0.131. The van der Waals surface area contributed by atoms with Gasteiger partial charge in [-0.05, 0) is 31.4 Å². The molecule has 0 atom stereocenters. The zero-order valence-electron chi connectivity index (χ0n) is 11.5. The third kappa shape index (κ3) is 2.26. The Kier molecular flexibility index (Phi) is 3.41. The fourth-order valence-electron chi connectivity index (χ4n) is 2.33. The zero-order valence-corrected chi connectivity index (χ0v) is 11.5. The van der Waals surface area contributed by atoms with Crippen LogP contribution >= 0.6 is 0 Å². The smallest absolute Gasteiger partial charge is 0.220 e. The van der Waals surface area contributed by atoms with Gasteiger partial charge in [-0.3, -0.25) is 4.79 Å².